The molecule has 0 aliphatic rings. The van der Waals surface area contributed by atoms with Gasteiger partial charge in [-0.15, -0.1) is 11.3 Å². The molecule has 2 heterocycles. The predicted molar refractivity (Wildman–Crippen MR) is 83.6 cm³/mol. The van der Waals surface area contributed by atoms with Crippen molar-refractivity contribution < 1.29 is 9.72 Å². The molecule has 9 heteroatoms. The lowest BCUT2D eigenvalue weighted by Crippen LogP contribution is -2.09. The molecule has 1 N–H and O–H groups in total. The molecule has 2 aromatic heterocycles. The first-order valence-electron chi connectivity index (χ1n) is 5.64. The molecule has 0 radical (unpaired) electrons. The Labute approximate surface area is 131 Å². The monoisotopic (exact) mass is 339 g/mol. The van der Waals surface area contributed by atoms with Crippen molar-refractivity contribution in [1.29, 1.82) is 0 Å². The Hall–Kier alpha value is -2.03. The molecule has 0 atom stereocenters. The topological polar surface area (TPSA) is 85.1 Å². The first-order valence-corrected chi connectivity index (χ1v) is 7.66. The minimum absolute atomic E-state index is 0.0317. The highest BCUT2D eigenvalue weighted by atomic mass is 35.5. The number of nitro groups is 1. The Morgan fingerprint density at radius 1 is 1.29 bits per heavy atom. The maximum absolute atomic E-state index is 12.0. The first-order chi connectivity index (χ1) is 10.0. The Kier molecular flexibility index (Phi) is 3.58. The second kappa shape index (κ2) is 5.40. The number of nitrogens with one attached hydrogen (secondary N) is 1. The molecule has 0 aliphatic heterocycles. The average Bonchev–Trinajstić information content (AvgIpc) is 3.03. The summed E-state index contributed by atoms with van der Waals surface area (Å²) in [4.78, 5) is 26.9. The average molecular weight is 340 g/mol. The smallest absolute Gasteiger partial charge is 0.271 e. The number of thiazole rings is 1. The van der Waals surface area contributed by atoms with E-state index in [2.05, 4.69) is 10.3 Å². The molecule has 0 spiro atoms. The van der Waals surface area contributed by atoms with E-state index >= 15 is 0 Å². The summed E-state index contributed by atoms with van der Waals surface area (Å²) in [5.74, 6) is -0.305. The van der Waals surface area contributed by atoms with E-state index in [0.717, 1.165) is 4.70 Å². The molecule has 1 aromatic carbocycles. The lowest BCUT2D eigenvalue weighted by Gasteiger charge is -1.96. The number of nitro benzene ring substituents is 1. The van der Waals surface area contributed by atoms with Crippen LogP contribution in [0, 0.1) is 10.1 Å². The molecule has 0 unspecified atom stereocenters. The molecule has 106 valence electrons. The van der Waals surface area contributed by atoms with Gasteiger partial charge in [-0.3, -0.25) is 20.2 Å². The fourth-order valence-corrected chi connectivity index (χ4v) is 3.46. The van der Waals surface area contributed by atoms with Crippen LogP contribution in [0.1, 0.15) is 9.67 Å². The van der Waals surface area contributed by atoms with Crippen molar-refractivity contribution in [1.82, 2.24) is 4.98 Å². The number of aromatic nitrogens is 1. The molecule has 0 fully saturated rings. The maximum Gasteiger partial charge on any atom is 0.271 e. The van der Waals surface area contributed by atoms with Crippen molar-refractivity contribution in [3.63, 3.8) is 0 Å². The van der Waals surface area contributed by atoms with Gasteiger partial charge in [0, 0.05) is 12.1 Å². The highest BCUT2D eigenvalue weighted by Crippen LogP contribution is 2.29. The molecule has 1 amide bonds. The van der Waals surface area contributed by atoms with Crippen LogP contribution in [-0.2, 0) is 0 Å². The van der Waals surface area contributed by atoms with E-state index in [4.69, 9.17) is 11.6 Å². The zero-order valence-corrected chi connectivity index (χ0v) is 12.6. The number of halogens is 1. The number of carbonyl (C=O) groups is 1. The number of hydrogen-bond donors (Lipinski definition) is 1. The van der Waals surface area contributed by atoms with Crippen LogP contribution in [0.15, 0.2) is 30.3 Å². The van der Waals surface area contributed by atoms with Gasteiger partial charge in [0.05, 0.1) is 24.4 Å². The molecule has 0 saturated heterocycles. The van der Waals surface area contributed by atoms with E-state index in [-0.39, 0.29) is 11.6 Å². The standard InChI is InChI=1S/C12H6ClN3O3S2/c13-10-4-3-9(20-10)11(17)15-12-14-7-5-6(16(18)19)1-2-8(7)21-12/h1-5H,(H,14,15,17). The number of thiophene rings is 1. The number of amides is 1. The molecule has 0 saturated carbocycles. The van der Waals surface area contributed by atoms with Gasteiger partial charge in [0.15, 0.2) is 5.13 Å². The molecule has 3 rings (SSSR count). The number of non-ortho nitro benzene ring substituents is 1. The van der Waals surface area contributed by atoms with Crippen molar-refractivity contribution in [2.24, 2.45) is 0 Å². The van der Waals surface area contributed by atoms with Gasteiger partial charge >= 0.3 is 0 Å². The molecule has 3 aromatic rings. The highest BCUT2D eigenvalue weighted by Gasteiger charge is 2.14. The van der Waals surface area contributed by atoms with Gasteiger partial charge in [-0.25, -0.2) is 4.98 Å². The normalized spacial score (nSPS) is 10.7. The van der Waals surface area contributed by atoms with E-state index in [9.17, 15) is 14.9 Å². The molecular weight excluding hydrogens is 334 g/mol. The van der Waals surface area contributed by atoms with Gasteiger partial charge in [-0.05, 0) is 18.2 Å². The summed E-state index contributed by atoms with van der Waals surface area (Å²) >= 11 is 8.20. The number of benzene rings is 1. The summed E-state index contributed by atoms with van der Waals surface area (Å²) < 4.78 is 1.29. The lowest BCUT2D eigenvalue weighted by molar-refractivity contribution is -0.384. The number of hydrogen-bond acceptors (Lipinski definition) is 6. The van der Waals surface area contributed by atoms with Crippen LogP contribution in [0.4, 0.5) is 10.8 Å². The van der Waals surface area contributed by atoms with Crippen molar-refractivity contribution >= 4 is 61.2 Å². The van der Waals surface area contributed by atoms with Crippen molar-refractivity contribution in [3.05, 3.63) is 49.7 Å². The summed E-state index contributed by atoms with van der Waals surface area (Å²) in [6, 6.07) is 7.67. The Morgan fingerprint density at radius 3 is 2.76 bits per heavy atom. The van der Waals surface area contributed by atoms with Gasteiger partial charge < -0.3 is 0 Å². The molecule has 0 aliphatic carbocycles. The second-order valence-electron chi connectivity index (χ2n) is 3.99. The maximum atomic E-state index is 12.0. The number of fused-ring (bicyclic) bond motifs is 1. The second-order valence-corrected chi connectivity index (χ2v) is 6.73. The first kappa shape index (κ1) is 13.9. The van der Waals surface area contributed by atoms with E-state index in [1.807, 2.05) is 0 Å². The number of anilines is 1. The van der Waals surface area contributed by atoms with Gasteiger partial charge in [-0.2, -0.15) is 0 Å². The van der Waals surface area contributed by atoms with Gasteiger partial charge in [0.2, 0.25) is 0 Å². The quantitative estimate of drug-likeness (QED) is 0.573. The summed E-state index contributed by atoms with van der Waals surface area (Å²) in [5.41, 5.74) is 0.449. The van der Waals surface area contributed by atoms with Crippen LogP contribution < -0.4 is 5.32 Å². The Morgan fingerprint density at radius 2 is 2.10 bits per heavy atom. The van der Waals surface area contributed by atoms with E-state index < -0.39 is 4.92 Å². The van der Waals surface area contributed by atoms with E-state index in [1.165, 1.54) is 34.8 Å². The van der Waals surface area contributed by atoms with Crippen LogP contribution in [0.5, 0.6) is 0 Å². The largest absolute Gasteiger partial charge is 0.297 e. The third-order valence-corrected chi connectivity index (χ3v) is 4.78. The fraction of sp³-hybridized carbons (Fsp3) is 0. The Balaban J connectivity index is 1.87. The predicted octanol–water partition coefficient (Wildman–Crippen LogP) is 4.17. The van der Waals surface area contributed by atoms with E-state index in [1.54, 1.807) is 18.2 Å². The highest BCUT2D eigenvalue weighted by molar-refractivity contribution is 7.22. The SMILES string of the molecule is O=C(Nc1nc2cc([N+](=O)[O-])ccc2s1)c1ccc(Cl)s1. The van der Waals surface area contributed by atoms with Gasteiger partial charge in [0.1, 0.15) is 0 Å². The zero-order valence-electron chi connectivity index (χ0n) is 10.2. The number of carbonyl (C=O) groups excluding carboxylic acids is 1. The summed E-state index contributed by atoms with van der Waals surface area (Å²) in [6.45, 7) is 0. The van der Waals surface area contributed by atoms with Gasteiger partial charge in [0.25, 0.3) is 11.6 Å². The van der Waals surface area contributed by atoms with Crippen LogP contribution in [0.2, 0.25) is 4.34 Å². The molecule has 21 heavy (non-hydrogen) atoms. The van der Waals surface area contributed by atoms with Crippen molar-refractivity contribution in [2.45, 2.75) is 0 Å². The Bertz CT molecular complexity index is 858. The van der Waals surface area contributed by atoms with Crippen LogP contribution >= 0.6 is 34.3 Å². The van der Waals surface area contributed by atoms with Crippen molar-refractivity contribution in [3.8, 4) is 0 Å². The van der Waals surface area contributed by atoms with Crippen LogP contribution in [0.25, 0.3) is 10.2 Å². The molecular formula is C12H6ClN3O3S2. The van der Waals surface area contributed by atoms with E-state index in [0.29, 0.717) is 19.9 Å². The summed E-state index contributed by atoms with van der Waals surface area (Å²) in [5, 5.41) is 13.8. The van der Waals surface area contributed by atoms with Crippen LogP contribution in [-0.4, -0.2) is 15.8 Å². The van der Waals surface area contributed by atoms with Crippen LogP contribution in [0.3, 0.4) is 0 Å². The molecule has 6 nitrogen and oxygen atoms in total. The minimum atomic E-state index is -0.481. The third-order valence-electron chi connectivity index (χ3n) is 2.60. The van der Waals surface area contributed by atoms with Gasteiger partial charge in [-0.1, -0.05) is 22.9 Å². The number of nitrogens with zero attached hydrogens (tertiary/aromatic N) is 2. The molecule has 0 bridgehead atoms. The minimum Gasteiger partial charge on any atom is -0.297 e. The third kappa shape index (κ3) is 2.87. The van der Waals surface area contributed by atoms with Crippen molar-refractivity contribution in [2.75, 3.05) is 5.32 Å². The summed E-state index contributed by atoms with van der Waals surface area (Å²) in [7, 11) is 0. The zero-order chi connectivity index (χ0) is 15.0. The number of rotatable bonds is 3. The fourth-order valence-electron chi connectivity index (χ4n) is 1.68. The summed E-state index contributed by atoms with van der Waals surface area (Å²) in [6.07, 6.45) is 0. The lowest BCUT2D eigenvalue weighted by atomic mass is 10.3.